The number of nitrogens with zero attached hydrogens (tertiary/aromatic N) is 4. The number of carbonyl (C=O) groups excluding carboxylic acids is 1. The third-order valence-corrected chi connectivity index (χ3v) is 5.34. The molecule has 2 N–H and O–H groups in total. The number of benzene rings is 1. The van der Waals surface area contributed by atoms with Crippen molar-refractivity contribution < 1.29 is 14.3 Å². The molecule has 1 aromatic heterocycles. The molecule has 1 aliphatic rings. The normalized spacial score (nSPS) is 16.9. The first-order valence-corrected chi connectivity index (χ1v) is 9.78. The lowest BCUT2D eigenvalue weighted by Crippen LogP contribution is -2.51. The summed E-state index contributed by atoms with van der Waals surface area (Å²) in [6, 6.07) is 3.31. The van der Waals surface area contributed by atoms with Crippen LogP contribution in [0.5, 0.6) is 11.5 Å². The van der Waals surface area contributed by atoms with E-state index in [2.05, 4.69) is 4.98 Å². The molecule has 1 aromatic carbocycles. The predicted octanol–water partition coefficient (Wildman–Crippen LogP) is 2.46. The number of fused-ring (bicyclic) bond motifs is 1. The van der Waals surface area contributed by atoms with Crippen molar-refractivity contribution in [2.45, 2.75) is 39.2 Å². The van der Waals surface area contributed by atoms with Crippen LogP contribution in [-0.2, 0) is 4.79 Å². The molecule has 152 valence electrons. The van der Waals surface area contributed by atoms with Crippen molar-refractivity contribution in [3.63, 3.8) is 0 Å². The van der Waals surface area contributed by atoms with Gasteiger partial charge in [0.25, 0.3) is 0 Å². The van der Waals surface area contributed by atoms with E-state index in [0.29, 0.717) is 47.3 Å². The Labute approximate surface area is 165 Å². The summed E-state index contributed by atoms with van der Waals surface area (Å²) < 4.78 is 10.7. The average Bonchev–Trinajstić information content (AvgIpc) is 2.73. The van der Waals surface area contributed by atoms with E-state index in [-0.39, 0.29) is 11.9 Å². The SMILES string of the molecule is CCN(CC)C(=O)C1CCCCN1c1nc(N)c2cc(OC)c(OC)cc2n1. The summed E-state index contributed by atoms with van der Waals surface area (Å²) in [7, 11) is 3.16. The molecular formula is C20H29N5O3. The maximum atomic E-state index is 13.0. The number of anilines is 2. The van der Waals surface area contributed by atoms with Crippen LogP contribution in [0.3, 0.4) is 0 Å². The lowest BCUT2D eigenvalue weighted by molar-refractivity contribution is -0.132. The summed E-state index contributed by atoms with van der Waals surface area (Å²) in [5, 5.41) is 0.699. The predicted molar refractivity (Wildman–Crippen MR) is 110 cm³/mol. The van der Waals surface area contributed by atoms with Crippen molar-refractivity contribution >= 4 is 28.6 Å². The third kappa shape index (κ3) is 3.63. The highest BCUT2D eigenvalue weighted by Crippen LogP contribution is 2.35. The molecular weight excluding hydrogens is 358 g/mol. The Morgan fingerprint density at radius 2 is 1.86 bits per heavy atom. The van der Waals surface area contributed by atoms with E-state index in [0.717, 1.165) is 25.8 Å². The molecule has 28 heavy (non-hydrogen) atoms. The van der Waals surface area contributed by atoms with Gasteiger partial charge in [-0.1, -0.05) is 0 Å². The zero-order valence-corrected chi connectivity index (χ0v) is 17.1. The van der Waals surface area contributed by atoms with Gasteiger partial charge in [-0.3, -0.25) is 4.79 Å². The first-order chi connectivity index (χ1) is 13.5. The first-order valence-electron chi connectivity index (χ1n) is 9.78. The van der Waals surface area contributed by atoms with Crippen molar-refractivity contribution in [3.8, 4) is 11.5 Å². The van der Waals surface area contributed by atoms with Crippen LogP contribution in [0, 0.1) is 0 Å². The van der Waals surface area contributed by atoms with Crippen LogP contribution in [0.1, 0.15) is 33.1 Å². The van der Waals surface area contributed by atoms with E-state index in [4.69, 9.17) is 20.2 Å². The Kier molecular flexibility index (Phi) is 6.06. The highest BCUT2D eigenvalue weighted by molar-refractivity contribution is 5.92. The van der Waals surface area contributed by atoms with E-state index in [1.165, 1.54) is 0 Å². The van der Waals surface area contributed by atoms with E-state index in [9.17, 15) is 4.79 Å². The minimum absolute atomic E-state index is 0.124. The number of nitrogens with two attached hydrogens (primary N) is 1. The molecule has 3 rings (SSSR count). The van der Waals surface area contributed by atoms with Gasteiger partial charge in [-0.2, -0.15) is 4.98 Å². The Morgan fingerprint density at radius 3 is 2.50 bits per heavy atom. The Bertz CT molecular complexity index is 853. The molecule has 1 aliphatic heterocycles. The Balaban J connectivity index is 2.04. The van der Waals surface area contributed by atoms with Crippen LogP contribution in [0.2, 0.25) is 0 Å². The zero-order valence-electron chi connectivity index (χ0n) is 17.1. The summed E-state index contributed by atoms with van der Waals surface area (Å²) in [4.78, 5) is 26.1. The molecule has 0 radical (unpaired) electrons. The molecule has 0 spiro atoms. The number of carbonyl (C=O) groups is 1. The lowest BCUT2D eigenvalue weighted by Gasteiger charge is -2.37. The van der Waals surface area contributed by atoms with Gasteiger partial charge in [0.15, 0.2) is 11.5 Å². The minimum atomic E-state index is -0.259. The highest BCUT2D eigenvalue weighted by Gasteiger charge is 2.33. The standard InChI is InChI=1S/C20H29N5O3/c1-5-24(6-2)19(26)15-9-7-8-10-25(15)20-22-14-12-17(28-4)16(27-3)11-13(14)18(21)23-20/h11-12,15H,5-10H2,1-4H3,(H2,21,22,23). The second-order valence-corrected chi connectivity index (χ2v) is 6.85. The van der Waals surface area contributed by atoms with Crippen LogP contribution >= 0.6 is 0 Å². The maximum absolute atomic E-state index is 13.0. The van der Waals surface area contributed by atoms with Gasteiger partial charge in [0.05, 0.1) is 19.7 Å². The second kappa shape index (κ2) is 8.50. The van der Waals surface area contributed by atoms with Crippen molar-refractivity contribution in [2.24, 2.45) is 0 Å². The molecule has 0 bridgehead atoms. The maximum Gasteiger partial charge on any atom is 0.245 e. The van der Waals surface area contributed by atoms with Gasteiger partial charge < -0.3 is 25.0 Å². The van der Waals surface area contributed by atoms with Crippen molar-refractivity contribution in [1.82, 2.24) is 14.9 Å². The lowest BCUT2D eigenvalue weighted by atomic mass is 10.0. The molecule has 2 aromatic rings. The summed E-state index contributed by atoms with van der Waals surface area (Å²) in [6.07, 6.45) is 2.81. The summed E-state index contributed by atoms with van der Waals surface area (Å²) >= 11 is 0. The number of methoxy groups -OCH3 is 2. The number of hydrogen-bond donors (Lipinski definition) is 1. The highest BCUT2D eigenvalue weighted by atomic mass is 16.5. The largest absolute Gasteiger partial charge is 0.493 e. The van der Waals surface area contributed by atoms with E-state index < -0.39 is 0 Å². The van der Waals surface area contributed by atoms with Gasteiger partial charge in [-0.05, 0) is 39.2 Å². The Hall–Kier alpha value is -2.77. The molecule has 2 heterocycles. The first kappa shape index (κ1) is 20.0. The summed E-state index contributed by atoms with van der Waals surface area (Å²) in [6.45, 7) is 6.11. The summed E-state index contributed by atoms with van der Waals surface area (Å²) in [5.41, 5.74) is 6.91. The van der Waals surface area contributed by atoms with Crippen molar-refractivity contribution in [2.75, 3.05) is 44.5 Å². The molecule has 1 atom stereocenters. The van der Waals surface area contributed by atoms with Crippen LogP contribution in [0.25, 0.3) is 10.9 Å². The van der Waals surface area contributed by atoms with Gasteiger partial charge in [-0.15, -0.1) is 0 Å². The molecule has 1 unspecified atom stereocenters. The third-order valence-electron chi connectivity index (χ3n) is 5.34. The van der Waals surface area contributed by atoms with Gasteiger partial charge in [0.2, 0.25) is 11.9 Å². The number of ether oxygens (including phenoxy) is 2. The smallest absolute Gasteiger partial charge is 0.245 e. The van der Waals surface area contributed by atoms with Gasteiger partial charge in [0.1, 0.15) is 11.9 Å². The monoisotopic (exact) mass is 387 g/mol. The number of nitrogen functional groups attached to an aromatic ring is 1. The number of rotatable bonds is 6. The molecule has 0 aliphatic carbocycles. The van der Waals surface area contributed by atoms with E-state index in [1.54, 1.807) is 26.4 Å². The van der Waals surface area contributed by atoms with Crippen LogP contribution in [0.15, 0.2) is 12.1 Å². The molecule has 8 nitrogen and oxygen atoms in total. The zero-order chi connectivity index (χ0) is 20.3. The van der Waals surface area contributed by atoms with Gasteiger partial charge in [-0.25, -0.2) is 4.98 Å². The number of likely N-dealkylation sites (N-methyl/N-ethyl adjacent to an activating group) is 1. The Morgan fingerprint density at radius 1 is 1.18 bits per heavy atom. The fraction of sp³-hybridized carbons (Fsp3) is 0.550. The molecule has 0 saturated carbocycles. The number of amides is 1. The molecule has 8 heteroatoms. The average molecular weight is 387 g/mol. The van der Waals surface area contributed by atoms with E-state index in [1.807, 2.05) is 23.6 Å². The van der Waals surface area contributed by atoms with Gasteiger partial charge in [0, 0.05) is 31.1 Å². The second-order valence-electron chi connectivity index (χ2n) is 6.85. The number of piperidine rings is 1. The number of aromatic nitrogens is 2. The van der Waals surface area contributed by atoms with Gasteiger partial charge >= 0.3 is 0 Å². The van der Waals surface area contributed by atoms with Crippen molar-refractivity contribution in [3.05, 3.63) is 12.1 Å². The fourth-order valence-electron chi connectivity index (χ4n) is 3.77. The topological polar surface area (TPSA) is 93.8 Å². The fourth-order valence-corrected chi connectivity index (χ4v) is 3.77. The molecule has 1 fully saturated rings. The van der Waals surface area contributed by atoms with E-state index >= 15 is 0 Å². The van der Waals surface area contributed by atoms with Crippen LogP contribution in [-0.4, -0.2) is 60.7 Å². The minimum Gasteiger partial charge on any atom is -0.493 e. The summed E-state index contributed by atoms with van der Waals surface area (Å²) in [5.74, 6) is 2.13. The molecule has 1 amide bonds. The van der Waals surface area contributed by atoms with Crippen LogP contribution in [0.4, 0.5) is 11.8 Å². The van der Waals surface area contributed by atoms with Crippen molar-refractivity contribution in [1.29, 1.82) is 0 Å². The quantitative estimate of drug-likeness (QED) is 0.813. The number of hydrogen-bond acceptors (Lipinski definition) is 7. The molecule has 1 saturated heterocycles. The van der Waals surface area contributed by atoms with Crippen LogP contribution < -0.4 is 20.1 Å².